The Balaban J connectivity index is 1.34. The molecular formula is C44H43N3O. The summed E-state index contributed by atoms with van der Waals surface area (Å²) in [6.07, 6.45) is 1.97. The van der Waals surface area contributed by atoms with Gasteiger partial charge in [-0.15, -0.1) is 0 Å². The van der Waals surface area contributed by atoms with Gasteiger partial charge in [-0.3, -0.25) is 4.98 Å². The van der Waals surface area contributed by atoms with Gasteiger partial charge in [0, 0.05) is 29.9 Å². The summed E-state index contributed by atoms with van der Waals surface area (Å²) in [6.45, 7) is 15.2. The van der Waals surface area contributed by atoms with Crippen molar-refractivity contribution in [2.45, 2.75) is 59.3 Å². The Morgan fingerprint density at radius 1 is 0.625 bits per heavy atom. The van der Waals surface area contributed by atoms with Crippen molar-refractivity contribution in [1.82, 2.24) is 14.5 Å². The second-order valence-electron chi connectivity index (χ2n) is 15.1. The predicted octanol–water partition coefficient (Wildman–Crippen LogP) is 11.4. The number of pyridine rings is 1. The van der Waals surface area contributed by atoms with Gasteiger partial charge in [-0.05, 0) is 86.7 Å². The third kappa shape index (κ3) is 5.56. The van der Waals surface area contributed by atoms with Crippen LogP contribution in [0.5, 0.6) is 5.75 Å². The van der Waals surface area contributed by atoms with E-state index in [4.69, 9.17) is 9.97 Å². The Morgan fingerprint density at radius 2 is 1.33 bits per heavy atom. The van der Waals surface area contributed by atoms with Gasteiger partial charge in [-0.2, -0.15) is 0 Å². The topological polar surface area (TPSA) is 50.9 Å². The highest BCUT2D eigenvalue weighted by atomic mass is 16.3. The molecule has 0 radical (unpaired) electrons. The van der Waals surface area contributed by atoms with Crippen molar-refractivity contribution < 1.29 is 5.11 Å². The van der Waals surface area contributed by atoms with Gasteiger partial charge in [0.2, 0.25) is 0 Å². The van der Waals surface area contributed by atoms with E-state index >= 15 is 0 Å². The van der Waals surface area contributed by atoms with Crippen molar-refractivity contribution in [2.24, 2.45) is 7.05 Å². The van der Waals surface area contributed by atoms with Crippen LogP contribution in [0.1, 0.15) is 58.2 Å². The first kappa shape index (κ1) is 31.4. The fraction of sp³-hybridized carbons (Fsp3) is 0.227. The molecule has 2 heterocycles. The standard InChI is InChI=1S/C44H43N3O/c1-27-26-45-38(25-35(27)31-20-19-28-13-9-10-14-29(28)21-31)32-16-11-15-30(22-32)34-17-12-18-39-40(34)46-42(47(39)8)36-23-33(43(2,3)4)24-37(41(36)48)44(5,6)7/h9-26,48H,1-8H3. The smallest absolute Gasteiger partial charge is 0.144 e. The molecule has 0 atom stereocenters. The lowest BCUT2D eigenvalue weighted by Crippen LogP contribution is -2.17. The molecule has 0 amide bonds. The summed E-state index contributed by atoms with van der Waals surface area (Å²) in [5, 5.41) is 14.1. The van der Waals surface area contributed by atoms with Crippen LogP contribution < -0.4 is 0 Å². The summed E-state index contributed by atoms with van der Waals surface area (Å²) in [7, 11) is 2.04. The summed E-state index contributed by atoms with van der Waals surface area (Å²) in [5.41, 5.74) is 12.1. The summed E-state index contributed by atoms with van der Waals surface area (Å²) in [4.78, 5) is 10.1. The number of nitrogens with zero attached hydrogens (tertiary/aromatic N) is 3. The number of para-hydroxylation sites is 1. The molecule has 4 nitrogen and oxygen atoms in total. The van der Waals surface area contributed by atoms with Crippen LogP contribution in [0.25, 0.3) is 66.7 Å². The number of aromatic nitrogens is 3. The van der Waals surface area contributed by atoms with Crippen LogP contribution in [-0.4, -0.2) is 19.6 Å². The monoisotopic (exact) mass is 629 g/mol. The first-order valence-corrected chi connectivity index (χ1v) is 16.7. The number of aromatic hydroxyl groups is 1. The Kier molecular flexibility index (Phi) is 7.51. The molecule has 7 aromatic rings. The molecule has 2 aromatic heterocycles. The maximum atomic E-state index is 11.7. The fourth-order valence-electron chi connectivity index (χ4n) is 6.69. The SMILES string of the molecule is Cc1cnc(-c2cccc(-c3cccc4c3nc(-c3cc(C(C)(C)C)cc(C(C)(C)C)c3O)n4C)c2)cc1-c1ccc2ccccc2c1. The normalized spacial score (nSPS) is 12.2. The van der Waals surface area contributed by atoms with Gasteiger partial charge >= 0.3 is 0 Å². The molecular weight excluding hydrogens is 587 g/mol. The molecule has 0 saturated heterocycles. The van der Waals surface area contributed by atoms with Gasteiger partial charge in [0.05, 0.1) is 22.3 Å². The highest BCUT2D eigenvalue weighted by Gasteiger charge is 2.27. The van der Waals surface area contributed by atoms with Gasteiger partial charge in [0.1, 0.15) is 11.6 Å². The lowest BCUT2D eigenvalue weighted by atomic mass is 9.79. The van der Waals surface area contributed by atoms with Crippen LogP contribution in [0.4, 0.5) is 0 Å². The molecule has 48 heavy (non-hydrogen) atoms. The Labute approximate surface area is 283 Å². The number of benzene rings is 5. The molecule has 0 bridgehead atoms. The first-order valence-electron chi connectivity index (χ1n) is 16.7. The van der Waals surface area contributed by atoms with Crippen molar-refractivity contribution in [2.75, 3.05) is 0 Å². The third-order valence-corrected chi connectivity index (χ3v) is 9.57. The zero-order valence-corrected chi connectivity index (χ0v) is 29.2. The van der Waals surface area contributed by atoms with Gasteiger partial charge in [0.15, 0.2) is 0 Å². The highest BCUT2D eigenvalue weighted by Crippen LogP contribution is 2.43. The van der Waals surface area contributed by atoms with Crippen LogP contribution in [0.3, 0.4) is 0 Å². The van der Waals surface area contributed by atoms with E-state index in [1.807, 2.05) is 13.2 Å². The van der Waals surface area contributed by atoms with Gasteiger partial charge < -0.3 is 9.67 Å². The zero-order valence-electron chi connectivity index (χ0n) is 29.2. The van der Waals surface area contributed by atoms with Crippen LogP contribution >= 0.6 is 0 Å². The van der Waals surface area contributed by atoms with E-state index in [1.165, 1.54) is 27.5 Å². The highest BCUT2D eigenvalue weighted by molar-refractivity contribution is 5.95. The average Bonchev–Trinajstić information content (AvgIpc) is 3.39. The number of rotatable bonds is 4. The zero-order chi connectivity index (χ0) is 34.0. The Morgan fingerprint density at radius 3 is 2.08 bits per heavy atom. The Hall–Kier alpha value is -5.22. The minimum absolute atomic E-state index is 0.0865. The molecule has 0 aliphatic carbocycles. The Bertz CT molecular complexity index is 2350. The molecule has 0 aliphatic heterocycles. The third-order valence-electron chi connectivity index (χ3n) is 9.57. The van der Waals surface area contributed by atoms with E-state index in [-0.39, 0.29) is 10.8 Å². The number of phenolic OH excluding ortho intramolecular Hbond substituents is 1. The molecule has 1 N–H and O–H groups in total. The molecule has 0 fully saturated rings. The van der Waals surface area contributed by atoms with Gasteiger partial charge in [-0.25, -0.2) is 4.98 Å². The van der Waals surface area contributed by atoms with E-state index < -0.39 is 0 Å². The average molecular weight is 630 g/mol. The van der Waals surface area contributed by atoms with Gasteiger partial charge in [0.25, 0.3) is 0 Å². The van der Waals surface area contributed by atoms with Crippen molar-refractivity contribution in [3.8, 4) is 50.6 Å². The van der Waals surface area contributed by atoms with Gasteiger partial charge in [-0.1, -0.05) is 114 Å². The quantitative estimate of drug-likeness (QED) is 0.211. The van der Waals surface area contributed by atoms with Crippen LogP contribution in [0.15, 0.2) is 109 Å². The number of aryl methyl sites for hydroxylation is 2. The second-order valence-corrected chi connectivity index (χ2v) is 15.1. The number of hydrogen-bond donors (Lipinski definition) is 1. The molecule has 0 unspecified atom stereocenters. The molecule has 0 aliphatic rings. The largest absolute Gasteiger partial charge is 0.507 e. The van der Waals surface area contributed by atoms with Crippen molar-refractivity contribution >= 4 is 21.8 Å². The number of imidazole rings is 1. The van der Waals surface area contributed by atoms with E-state index in [9.17, 15) is 5.11 Å². The molecule has 5 aromatic carbocycles. The molecule has 7 rings (SSSR count). The van der Waals surface area contributed by atoms with E-state index in [1.54, 1.807) is 0 Å². The van der Waals surface area contributed by atoms with E-state index in [0.29, 0.717) is 5.75 Å². The van der Waals surface area contributed by atoms with Crippen molar-refractivity contribution in [3.05, 3.63) is 126 Å². The molecule has 0 spiro atoms. The number of phenols is 1. The molecule has 240 valence electrons. The van der Waals surface area contributed by atoms with Crippen molar-refractivity contribution in [3.63, 3.8) is 0 Å². The summed E-state index contributed by atoms with van der Waals surface area (Å²) < 4.78 is 2.11. The maximum absolute atomic E-state index is 11.7. The number of fused-ring (bicyclic) bond motifs is 2. The predicted molar refractivity (Wildman–Crippen MR) is 202 cm³/mol. The van der Waals surface area contributed by atoms with E-state index in [2.05, 4.69) is 156 Å². The minimum Gasteiger partial charge on any atom is -0.507 e. The summed E-state index contributed by atoms with van der Waals surface area (Å²) in [6, 6.07) is 36.5. The number of hydrogen-bond acceptors (Lipinski definition) is 3. The minimum atomic E-state index is -0.228. The molecule has 0 saturated carbocycles. The van der Waals surface area contributed by atoms with Crippen LogP contribution in [0, 0.1) is 6.92 Å². The fourth-order valence-corrected chi connectivity index (χ4v) is 6.69. The van der Waals surface area contributed by atoms with Crippen LogP contribution in [0.2, 0.25) is 0 Å². The molecule has 4 heteroatoms. The maximum Gasteiger partial charge on any atom is 0.144 e. The van der Waals surface area contributed by atoms with Crippen molar-refractivity contribution in [1.29, 1.82) is 0 Å². The summed E-state index contributed by atoms with van der Waals surface area (Å²) in [5.74, 6) is 1.05. The first-order chi connectivity index (χ1) is 22.8. The lowest BCUT2D eigenvalue weighted by molar-refractivity contribution is 0.446. The second kappa shape index (κ2) is 11.5. The van der Waals surface area contributed by atoms with E-state index in [0.717, 1.165) is 55.9 Å². The van der Waals surface area contributed by atoms with Crippen LogP contribution in [-0.2, 0) is 17.9 Å². The lowest BCUT2D eigenvalue weighted by Gasteiger charge is -2.27. The summed E-state index contributed by atoms with van der Waals surface area (Å²) >= 11 is 0.